The molecule has 0 bridgehead atoms. The molecule has 0 fully saturated rings. The molecule has 0 unspecified atom stereocenters. The molecule has 1 heterocycles. The highest BCUT2D eigenvalue weighted by Gasteiger charge is 2.12. The van der Waals surface area contributed by atoms with Gasteiger partial charge in [-0.15, -0.1) is 6.42 Å². The largest absolute Gasteiger partial charge is 0.478 e. The van der Waals surface area contributed by atoms with E-state index in [-0.39, 0.29) is 5.56 Å². The molecule has 0 amide bonds. The van der Waals surface area contributed by atoms with Gasteiger partial charge < -0.3 is 5.11 Å². The van der Waals surface area contributed by atoms with Crippen LogP contribution in [0.4, 0.5) is 0 Å². The van der Waals surface area contributed by atoms with Crippen molar-refractivity contribution in [3.8, 4) is 12.3 Å². The highest BCUT2D eigenvalue weighted by molar-refractivity contribution is 6.54. The SMILES string of the molecule is C#Cc1c([SiH2]CCC)cncc1C(=O)O. The summed E-state index contributed by atoms with van der Waals surface area (Å²) >= 11 is 0. The van der Waals surface area contributed by atoms with Crippen LogP contribution < -0.4 is 5.19 Å². The molecule has 78 valence electrons. The number of terminal acetylenes is 1. The number of hydrogen-bond acceptors (Lipinski definition) is 2. The van der Waals surface area contributed by atoms with E-state index >= 15 is 0 Å². The third-order valence-corrected chi connectivity index (χ3v) is 4.33. The molecule has 1 aromatic heterocycles. The van der Waals surface area contributed by atoms with Gasteiger partial charge in [0.2, 0.25) is 0 Å². The number of rotatable bonds is 4. The van der Waals surface area contributed by atoms with Crippen LogP contribution in [0.5, 0.6) is 0 Å². The minimum absolute atomic E-state index is 0.151. The molecule has 0 aliphatic carbocycles. The molecule has 1 N–H and O–H groups in total. The first-order valence-corrected chi connectivity index (χ1v) is 6.58. The van der Waals surface area contributed by atoms with E-state index in [0.29, 0.717) is 5.56 Å². The highest BCUT2D eigenvalue weighted by Crippen LogP contribution is 2.03. The highest BCUT2D eigenvalue weighted by atomic mass is 28.2. The standard InChI is InChI=1S/C11H13NO2Si/c1-3-5-15-10-7-12-6-9(11(13)14)8(10)4-2/h2,6-7H,3,5,15H2,1H3,(H,13,14). The summed E-state index contributed by atoms with van der Waals surface area (Å²) in [5.41, 5.74) is 0.677. The average Bonchev–Trinajstić information content (AvgIpc) is 2.25. The Morgan fingerprint density at radius 1 is 1.67 bits per heavy atom. The summed E-state index contributed by atoms with van der Waals surface area (Å²) < 4.78 is 0. The molecule has 0 aromatic carbocycles. The molecule has 1 aromatic rings. The smallest absolute Gasteiger partial charge is 0.338 e. The Labute approximate surface area is 91.4 Å². The number of carboxylic acid groups (broad SMARTS) is 1. The molecular formula is C11H13NO2Si. The first kappa shape index (κ1) is 11.5. The van der Waals surface area contributed by atoms with Crippen molar-refractivity contribution in [2.24, 2.45) is 0 Å². The van der Waals surface area contributed by atoms with Crippen molar-refractivity contribution in [3.05, 3.63) is 23.5 Å². The minimum Gasteiger partial charge on any atom is -0.478 e. The number of carboxylic acids is 1. The first-order chi connectivity index (χ1) is 7.20. The summed E-state index contributed by atoms with van der Waals surface area (Å²) in [5, 5.41) is 9.91. The zero-order chi connectivity index (χ0) is 11.3. The fourth-order valence-electron chi connectivity index (χ4n) is 1.39. The van der Waals surface area contributed by atoms with E-state index in [1.165, 1.54) is 6.20 Å². The van der Waals surface area contributed by atoms with Crippen LogP contribution in [0, 0.1) is 12.3 Å². The number of pyridine rings is 1. The van der Waals surface area contributed by atoms with Gasteiger partial charge in [0.15, 0.2) is 0 Å². The monoisotopic (exact) mass is 219 g/mol. The minimum atomic E-state index is -0.997. The third-order valence-electron chi connectivity index (χ3n) is 2.20. The van der Waals surface area contributed by atoms with Crippen LogP contribution in [-0.4, -0.2) is 25.6 Å². The Kier molecular flexibility index (Phi) is 4.07. The number of carbonyl (C=O) groups is 1. The first-order valence-electron chi connectivity index (χ1n) is 4.87. The van der Waals surface area contributed by atoms with Gasteiger partial charge in [-0.2, -0.15) is 0 Å². The quantitative estimate of drug-likeness (QED) is 0.588. The van der Waals surface area contributed by atoms with E-state index in [1.54, 1.807) is 6.20 Å². The summed E-state index contributed by atoms with van der Waals surface area (Å²) in [5.74, 6) is 1.47. The van der Waals surface area contributed by atoms with Crippen LogP contribution in [-0.2, 0) is 0 Å². The predicted molar refractivity (Wildman–Crippen MR) is 62.4 cm³/mol. The number of aromatic carboxylic acids is 1. The van der Waals surface area contributed by atoms with Crippen molar-refractivity contribution < 1.29 is 9.90 Å². The number of nitrogens with zero attached hydrogens (tertiary/aromatic N) is 1. The van der Waals surface area contributed by atoms with E-state index in [2.05, 4.69) is 17.8 Å². The third kappa shape index (κ3) is 2.67. The van der Waals surface area contributed by atoms with E-state index in [0.717, 1.165) is 17.7 Å². The van der Waals surface area contributed by atoms with Crippen molar-refractivity contribution >= 4 is 20.7 Å². The molecule has 0 atom stereocenters. The van der Waals surface area contributed by atoms with Crippen LogP contribution in [0.25, 0.3) is 0 Å². The van der Waals surface area contributed by atoms with E-state index in [1.807, 2.05) is 0 Å². The van der Waals surface area contributed by atoms with Crippen LogP contribution in [0.3, 0.4) is 0 Å². The zero-order valence-corrected chi connectivity index (χ0v) is 10.1. The summed E-state index contributed by atoms with van der Waals surface area (Å²) in [7, 11) is -0.473. The summed E-state index contributed by atoms with van der Waals surface area (Å²) in [6, 6.07) is 1.12. The lowest BCUT2D eigenvalue weighted by Crippen LogP contribution is -2.21. The average molecular weight is 219 g/mol. The molecule has 15 heavy (non-hydrogen) atoms. The maximum absolute atomic E-state index is 10.9. The van der Waals surface area contributed by atoms with Crippen molar-refractivity contribution in [1.82, 2.24) is 4.98 Å². The van der Waals surface area contributed by atoms with Crippen molar-refractivity contribution in [2.45, 2.75) is 19.4 Å². The molecule has 1 rings (SSSR count). The van der Waals surface area contributed by atoms with E-state index in [4.69, 9.17) is 11.5 Å². The number of aromatic nitrogens is 1. The van der Waals surface area contributed by atoms with Crippen LogP contribution in [0.15, 0.2) is 12.4 Å². The maximum atomic E-state index is 10.9. The lowest BCUT2D eigenvalue weighted by atomic mass is 10.1. The van der Waals surface area contributed by atoms with E-state index in [9.17, 15) is 4.79 Å². The van der Waals surface area contributed by atoms with Crippen molar-refractivity contribution in [2.75, 3.05) is 0 Å². The normalized spacial score (nSPS) is 10.4. The maximum Gasteiger partial charge on any atom is 0.338 e. The topological polar surface area (TPSA) is 50.2 Å². The van der Waals surface area contributed by atoms with Gasteiger partial charge in [-0.05, 0) is 5.19 Å². The molecule has 3 nitrogen and oxygen atoms in total. The Morgan fingerprint density at radius 2 is 2.40 bits per heavy atom. The Bertz CT molecular complexity index is 410. The van der Waals surface area contributed by atoms with Gasteiger partial charge in [-0.25, -0.2) is 4.79 Å². The summed E-state index contributed by atoms with van der Waals surface area (Å²) in [6.07, 6.45) is 9.48. The summed E-state index contributed by atoms with van der Waals surface area (Å²) in [6.45, 7) is 2.11. The fourth-order valence-corrected chi connectivity index (χ4v) is 2.90. The molecule has 4 heteroatoms. The second-order valence-corrected chi connectivity index (χ2v) is 5.24. The second-order valence-electron chi connectivity index (χ2n) is 3.27. The Balaban J connectivity index is 3.12. The molecule has 0 aliphatic rings. The van der Waals surface area contributed by atoms with Crippen LogP contribution in [0.2, 0.25) is 6.04 Å². The van der Waals surface area contributed by atoms with Crippen LogP contribution >= 0.6 is 0 Å². The van der Waals surface area contributed by atoms with Gasteiger partial charge >= 0.3 is 5.97 Å². The van der Waals surface area contributed by atoms with Crippen LogP contribution in [0.1, 0.15) is 29.3 Å². The Hall–Kier alpha value is -1.60. The fraction of sp³-hybridized carbons (Fsp3) is 0.273. The molecule has 0 saturated carbocycles. The zero-order valence-electron chi connectivity index (χ0n) is 8.66. The van der Waals surface area contributed by atoms with Gasteiger partial charge in [0.1, 0.15) is 0 Å². The predicted octanol–water partition coefficient (Wildman–Crippen LogP) is 0.383. The van der Waals surface area contributed by atoms with Gasteiger partial charge in [-0.3, -0.25) is 4.98 Å². The lowest BCUT2D eigenvalue weighted by molar-refractivity contribution is 0.0696. The summed E-state index contributed by atoms with van der Waals surface area (Å²) in [4.78, 5) is 14.8. The van der Waals surface area contributed by atoms with Gasteiger partial charge in [0, 0.05) is 18.0 Å². The van der Waals surface area contributed by atoms with Crippen molar-refractivity contribution in [1.29, 1.82) is 0 Å². The molecular weight excluding hydrogens is 206 g/mol. The van der Waals surface area contributed by atoms with Crippen molar-refractivity contribution in [3.63, 3.8) is 0 Å². The van der Waals surface area contributed by atoms with Gasteiger partial charge in [0.05, 0.1) is 15.1 Å². The lowest BCUT2D eigenvalue weighted by Gasteiger charge is -2.05. The molecule has 0 spiro atoms. The molecule has 0 radical (unpaired) electrons. The van der Waals surface area contributed by atoms with Gasteiger partial charge in [-0.1, -0.05) is 25.3 Å². The van der Waals surface area contributed by atoms with E-state index < -0.39 is 15.5 Å². The van der Waals surface area contributed by atoms with Gasteiger partial charge in [0.25, 0.3) is 0 Å². The number of hydrogen-bond donors (Lipinski definition) is 1. The second kappa shape index (κ2) is 5.32. The Morgan fingerprint density at radius 3 is 2.93 bits per heavy atom. The molecule has 0 saturated heterocycles. The molecule has 0 aliphatic heterocycles.